The van der Waals surface area contributed by atoms with Gasteiger partial charge in [-0.3, -0.25) is 0 Å². The Morgan fingerprint density at radius 1 is 0.569 bits per heavy atom. The molecule has 4 aromatic carbocycles. The van der Waals surface area contributed by atoms with E-state index in [0.717, 1.165) is 18.8 Å². The van der Waals surface area contributed by atoms with E-state index in [9.17, 15) is 0 Å². The van der Waals surface area contributed by atoms with Crippen molar-refractivity contribution in [3.63, 3.8) is 0 Å². The maximum absolute atomic E-state index is 5.54. The van der Waals surface area contributed by atoms with E-state index in [-0.39, 0.29) is 24.8 Å². The molecule has 2 nitrogen and oxygen atoms in total. The predicted octanol–water partition coefficient (Wildman–Crippen LogP) is 7.03. The summed E-state index contributed by atoms with van der Waals surface area (Å²) >= 11 is -3.13. The summed E-state index contributed by atoms with van der Waals surface area (Å²) in [5.41, 5.74) is 15.2. The van der Waals surface area contributed by atoms with Crippen molar-refractivity contribution in [2.24, 2.45) is 11.8 Å². The first-order valence-electron chi connectivity index (χ1n) is 18.8. The maximum Gasteiger partial charge on any atom is -1.00 e. The first-order chi connectivity index (χ1) is 23.8. The van der Waals surface area contributed by atoms with Crippen molar-refractivity contribution >= 4 is 12.2 Å². The zero-order valence-corrected chi connectivity index (χ0v) is 35.0. The third-order valence-electron chi connectivity index (χ3n) is 12.3. The van der Waals surface area contributed by atoms with E-state index < -0.39 is 20.3 Å². The van der Waals surface area contributed by atoms with Gasteiger partial charge < -0.3 is 24.8 Å². The van der Waals surface area contributed by atoms with Gasteiger partial charge in [0.05, 0.1) is 0 Å². The molecule has 1 saturated carbocycles. The first kappa shape index (κ1) is 38.2. The number of hydrogen-bond donors (Lipinski definition) is 0. The Morgan fingerprint density at radius 3 is 1.31 bits per heavy atom. The largest absolute Gasteiger partial charge is 1.00 e. The molecule has 8 rings (SSSR count). The number of fused-ring (bicyclic) bond motifs is 3. The molecule has 4 atom stereocenters. The monoisotopic (exact) mass is 796 g/mol. The second kappa shape index (κ2) is 15.4. The Labute approximate surface area is 323 Å². The predicted molar refractivity (Wildman–Crippen MR) is 203 cm³/mol. The van der Waals surface area contributed by atoms with Crippen LogP contribution in [0, 0.1) is 11.8 Å². The number of allylic oxidation sites excluding steroid dienone is 2. The van der Waals surface area contributed by atoms with Crippen molar-refractivity contribution in [1.82, 2.24) is 0 Å². The minimum Gasteiger partial charge on any atom is -1.00 e. The molecule has 0 amide bonds. The van der Waals surface area contributed by atoms with E-state index in [2.05, 4.69) is 125 Å². The van der Waals surface area contributed by atoms with Crippen LogP contribution >= 0.6 is 0 Å². The van der Waals surface area contributed by atoms with Crippen molar-refractivity contribution in [3.8, 4) is 33.8 Å². The zero-order valence-electron chi connectivity index (χ0n) is 31.0. The summed E-state index contributed by atoms with van der Waals surface area (Å²) in [5.74, 6) is 3.11. The molecule has 4 aromatic rings. The molecule has 0 spiro atoms. The summed E-state index contributed by atoms with van der Waals surface area (Å²) in [6.07, 6.45) is 13.5. The standard InChI is InChI=1S/2C20H21O.C6H10.2ClH.Zr/c2*1-14(2)11-15-12-17-5-4-6-19(20(17)13-15)16-7-9-18(21-3)10-8-16;1-2-4-6-5-3-1;;;/h2*4-10,12-14H,11H2,1-3H3;1-2H,3-6H2;2*1H;/q;;;;;+2/p-2. The van der Waals surface area contributed by atoms with Crippen LogP contribution in [0.25, 0.3) is 34.4 Å². The van der Waals surface area contributed by atoms with Gasteiger partial charge in [-0.15, -0.1) is 0 Å². The van der Waals surface area contributed by atoms with Crippen molar-refractivity contribution < 1.29 is 54.6 Å². The number of halogens is 2. The molecular weight excluding hydrogens is 747 g/mol. The van der Waals surface area contributed by atoms with Crippen molar-refractivity contribution in [1.29, 1.82) is 0 Å². The Hall–Kier alpha value is -2.58. The summed E-state index contributed by atoms with van der Waals surface area (Å²) in [5, 5.41) is 0. The molecule has 51 heavy (non-hydrogen) atoms. The SMILES string of the molecule is COc1ccc(-c2cccc3c2C=C(CC(C)C)[CH]3[Zr+2]2([CH]3C(CC(C)C)=Cc4c(-c5ccc(OC)cc5)cccc43)[CH]3CCCC[CH]32)cc1.[Cl-].[Cl-]. The molecule has 0 N–H and O–H groups in total. The minimum absolute atomic E-state index is 0. The average molecular weight is 799 g/mol. The molecule has 2 fully saturated rings. The summed E-state index contributed by atoms with van der Waals surface area (Å²) in [6, 6.07) is 32.1. The zero-order chi connectivity index (χ0) is 33.9. The normalized spacial score (nSPS) is 22.8. The number of ether oxygens (including phenoxy) is 2. The molecule has 4 unspecified atom stereocenters. The molecule has 4 aliphatic rings. The second-order valence-electron chi connectivity index (χ2n) is 16.1. The van der Waals surface area contributed by atoms with Crippen LogP contribution < -0.4 is 34.3 Å². The van der Waals surface area contributed by atoms with E-state index >= 15 is 0 Å². The Morgan fingerprint density at radius 2 is 0.961 bits per heavy atom. The minimum atomic E-state index is -3.13. The van der Waals surface area contributed by atoms with Crippen LogP contribution in [0.2, 0.25) is 7.25 Å². The molecular formula is C46H52Cl2O2Zr. The Kier molecular flexibility index (Phi) is 11.5. The molecule has 1 saturated heterocycles. The van der Waals surface area contributed by atoms with E-state index in [1.54, 1.807) is 36.5 Å². The quantitative estimate of drug-likeness (QED) is 0.172. The summed E-state index contributed by atoms with van der Waals surface area (Å²) in [6.45, 7) is 9.74. The van der Waals surface area contributed by atoms with E-state index in [1.807, 2.05) is 0 Å². The van der Waals surface area contributed by atoms with Gasteiger partial charge in [-0.05, 0) is 0 Å². The van der Waals surface area contributed by atoms with Crippen LogP contribution in [0.5, 0.6) is 11.5 Å². The molecule has 0 aromatic heterocycles. The number of rotatable bonds is 10. The molecule has 1 aliphatic heterocycles. The number of methoxy groups -OCH3 is 2. The van der Waals surface area contributed by atoms with Crippen LogP contribution in [0.1, 0.15) is 95.7 Å². The third-order valence-corrected chi connectivity index (χ3v) is 29.4. The van der Waals surface area contributed by atoms with Gasteiger partial charge in [-0.1, -0.05) is 0 Å². The molecule has 3 aliphatic carbocycles. The van der Waals surface area contributed by atoms with Gasteiger partial charge >= 0.3 is 301 Å². The van der Waals surface area contributed by atoms with Gasteiger partial charge in [0.1, 0.15) is 0 Å². The van der Waals surface area contributed by atoms with Crippen molar-refractivity contribution in [3.05, 3.63) is 118 Å². The van der Waals surface area contributed by atoms with Crippen molar-refractivity contribution in [2.45, 2.75) is 80.7 Å². The maximum atomic E-state index is 5.54. The molecule has 0 radical (unpaired) electrons. The fraction of sp³-hybridized carbons (Fsp3) is 0.391. The van der Waals surface area contributed by atoms with Crippen LogP contribution in [-0.2, 0) is 20.3 Å². The number of benzene rings is 4. The van der Waals surface area contributed by atoms with E-state index in [4.69, 9.17) is 9.47 Å². The van der Waals surface area contributed by atoms with Gasteiger partial charge in [0, 0.05) is 0 Å². The van der Waals surface area contributed by atoms with Gasteiger partial charge in [0.2, 0.25) is 0 Å². The van der Waals surface area contributed by atoms with Crippen molar-refractivity contribution in [2.75, 3.05) is 14.2 Å². The topological polar surface area (TPSA) is 18.5 Å². The van der Waals surface area contributed by atoms with Crippen LogP contribution in [-0.4, -0.2) is 14.2 Å². The molecule has 266 valence electrons. The first-order valence-corrected chi connectivity index (χ1v) is 24.5. The van der Waals surface area contributed by atoms with Crippen LogP contribution in [0.4, 0.5) is 0 Å². The average Bonchev–Trinajstić information content (AvgIpc) is 3.39. The summed E-state index contributed by atoms with van der Waals surface area (Å²) in [7, 11) is 3.51. The Balaban J connectivity index is 0.00000224. The second-order valence-corrected chi connectivity index (χ2v) is 27.5. The van der Waals surface area contributed by atoms with Gasteiger partial charge in [-0.2, -0.15) is 0 Å². The fourth-order valence-corrected chi connectivity index (χ4v) is 33.7. The van der Waals surface area contributed by atoms with Gasteiger partial charge in [0.25, 0.3) is 0 Å². The smallest absolute Gasteiger partial charge is 1.00 e. The van der Waals surface area contributed by atoms with Gasteiger partial charge in [-0.25, -0.2) is 0 Å². The van der Waals surface area contributed by atoms with Gasteiger partial charge in [0.15, 0.2) is 0 Å². The molecule has 5 heteroatoms. The van der Waals surface area contributed by atoms with E-state index in [0.29, 0.717) is 19.1 Å². The van der Waals surface area contributed by atoms with E-state index in [1.165, 1.54) is 71.9 Å². The molecule has 1 heterocycles. The number of hydrogen-bond acceptors (Lipinski definition) is 2. The summed E-state index contributed by atoms with van der Waals surface area (Å²) in [4.78, 5) is 0. The van der Waals surface area contributed by atoms with Crippen LogP contribution in [0.3, 0.4) is 0 Å². The fourth-order valence-electron chi connectivity index (χ4n) is 10.7. The molecule has 0 bridgehead atoms. The summed E-state index contributed by atoms with van der Waals surface area (Å²) < 4.78 is 14.3. The third kappa shape index (κ3) is 6.53. The van der Waals surface area contributed by atoms with Crippen LogP contribution in [0.15, 0.2) is 96.1 Å². The Bertz CT molecular complexity index is 1780.